The molecule has 2 rings (SSSR count). The first kappa shape index (κ1) is 15.2. The molecule has 1 N–H and O–H groups in total. The molecule has 2 aromatic heterocycles. The van der Waals surface area contributed by atoms with Crippen molar-refractivity contribution in [3.05, 3.63) is 21.5 Å². The molecule has 0 bridgehead atoms. The van der Waals surface area contributed by atoms with Gasteiger partial charge in [0.1, 0.15) is 6.04 Å². The minimum absolute atomic E-state index is 0.305. The number of ether oxygens (including phenoxy) is 1. The van der Waals surface area contributed by atoms with Crippen molar-refractivity contribution in [3.8, 4) is 0 Å². The Labute approximate surface area is 130 Å². The number of hydrogen-bond donors (Lipinski definition) is 1. The molecule has 7 heteroatoms. The number of aromatic amines is 1. The van der Waals surface area contributed by atoms with Gasteiger partial charge >= 0.3 is 5.97 Å². The molecule has 0 aromatic carbocycles. The third-order valence-electron chi connectivity index (χ3n) is 3.00. The van der Waals surface area contributed by atoms with Crippen molar-refractivity contribution in [2.24, 2.45) is 5.92 Å². The molecule has 0 saturated carbocycles. The van der Waals surface area contributed by atoms with E-state index in [1.165, 1.54) is 7.11 Å². The van der Waals surface area contributed by atoms with Gasteiger partial charge in [0, 0.05) is 10.7 Å². The summed E-state index contributed by atoms with van der Waals surface area (Å²) in [6, 6.07) is 1.42. The minimum atomic E-state index is -0.463. The first-order valence-electron chi connectivity index (χ1n) is 6.27. The van der Waals surface area contributed by atoms with Gasteiger partial charge in [-0.2, -0.15) is 0 Å². The van der Waals surface area contributed by atoms with Crippen molar-refractivity contribution in [2.45, 2.75) is 26.3 Å². The van der Waals surface area contributed by atoms with E-state index in [4.69, 9.17) is 17.0 Å². The van der Waals surface area contributed by atoms with E-state index >= 15 is 0 Å². The minimum Gasteiger partial charge on any atom is -0.467 e. The molecule has 0 aliphatic rings. The van der Waals surface area contributed by atoms with Crippen LogP contribution >= 0.6 is 28.1 Å². The van der Waals surface area contributed by atoms with Gasteiger partial charge in [-0.05, 0) is 46.6 Å². The Hall–Kier alpha value is -1.21. The number of methoxy groups -OCH3 is 1. The van der Waals surface area contributed by atoms with Gasteiger partial charge in [0.15, 0.2) is 10.4 Å². The van der Waals surface area contributed by atoms with Crippen LogP contribution in [0.25, 0.3) is 11.2 Å². The molecule has 0 saturated heterocycles. The lowest BCUT2D eigenvalue weighted by molar-refractivity contribution is -0.145. The molecule has 5 nitrogen and oxygen atoms in total. The Morgan fingerprint density at radius 1 is 1.60 bits per heavy atom. The Morgan fingerprint density at radius 2 is 2.30 bits per heavy atom. The zero-order chi connectivity index (χ0) is 14.9. The number of fused-ring (bicyclic) bond motifs is 1. The van der Waals surface area contributed by atoms with Gasteiger partial charge in [0.25, 0.3) is 0 Å². The molecule has 0 fully saturated rings. The summed E-state index contributed by atoms with van der Waals surface area (Å²) >= 11 is 8.71. The molecule has 2 aromatic rings. The van der Waals surface area contributed by atoms with Crippen LogP contribution in [-0.2, 0) is 9.53 Å². The lowest BCUT2D eigenvalue weighted by Crippen LogP contribution is -2.23. The van der Waals surface area contributed by atoms with Gasteiger partial charge in [-0.1, -0.05) is 13.8 Å². The van der Waals surface area contributed by atoms with E-state index in [1.54, 1.807) is 10.8 Å². The second-order valence-corrected chi connectivity index (χ2v) is 6.30. The zero-order valence-corrected chi connectivity index (χ0v) is 13.9. The maximum atomic E-state index is 12.1. The summed E-state index contributed by atoms with van der Waals surface area (Å²) in [7, 11) is 1.39. The molecule has 1 atom stereocenters. The van der Waals surface area contributed by atoms with Crippen molar-refractivity contribution in [1.82, 2.24) is 14.5 Å². The third-order valence-corrected chi connectivity index (χ3v) is 3.73. The predicted molar refractivity (Wildman–Crippen MR) is 83.1 cm³/mol. The SMILES string of the molecule is COC(=O)C(CC(C)C)n1c(=S)[nH]c2cc(Br)cnc21. The van der Waals surface area contributed by atoms with Gasteiger partial charge in [0.05, 0.1) is 12.6 Å². The summed E-state index contributed by atoms with van der Waals surface area (Å²) < 4.78 is 7.97. The Balaban J connectivity index is 2.61. The van der Waals surface area contributed by atoms with Crippen LogP contribution in [0.4, 0.5) is 0 Å². The first-order chi connectivity index (χ1) is 9.43. The van der Waals surface area contributed by atoms with E-state index in [2.05, 4.69) is 39.7 Å². The van der Waals surface area contributed by atoms with Crippen LogP contribution < -0.4 is 0 Å². The van der Waals surface area contributed by atoms with Crippen molar-refractivity contribution in [2.75, 3.05) is 7.11 Å². The van der Waals surface area contributed by atoms with E-state index in [9.17, 15) is 4.79 Å². The van der Waals surface area contributed by atoms with E-state index in [0.29, 0.717) is 22.8 Å². The van der Waals surface area contributed by atoms with E-state index < -0.39 is 6.04 Å². The number of imidazole rings is 1. The number of halogens is 1. The summed E-state index contributed by atoms with van der Waals surface area (Å²) in [6.07, 6.45) is 2.33. The molecule has 1 unspecified atom stereocenters. The predicted octanol–water partition coefficient (Wildman–Crippen LogP) is 3.62. The fourth-order valence-corrected chi connectivity index (χ4v) is 2.82. The van der Waals surface area contributed by atoms with Crippen LogP contribution in [0.5, 0.6) is 0 Å². The van der Waals surface area contributed by atoms with Gasteiger partial charge in [-0.3, -0.25) is 4.57 Å². The summed E-state index contributed by atoms with van der Waals surface area (Å²) in [5.41, 5.74) is 1.45. The lowest BCUT2D eigenvalue weighted by atomic mass is 10.0. The summed E-state index contributed by atoms with van der Waals surface area (Å²) in [4.78, 5) is 19.5. The number of esters is 1. The molecule has 0 amide bonds. The lowest BCUT2D eigenvalue weighted by Gasteiger charge is -2.18. The number of H-pyrrole nitrogens is 1. The number of nitrogens with one attached hydrogen (secondary N) is 1. The molecule has 0 aliphatic carbocycles. The number of carbonyl (C=O) groups excluding carboxylic acids is 1. The molecule has 0 radical (unpaired) electrons. The Bertz CT molecular complexity index is 692. The smallest absolute Gasteiger partial charge is 0.329 e. The monoisotopic (exact) mass is 357 g/mol. The van der Waals surface area contributed by atoms with Gasteiger partial charge < -0.3 is 9.72 Å². The van der Waals surface area contributed by atoms with Crippen molar-refractivity contribution in [1.29, 1.82) is 0 Å². The summed E-state index contributed by atoms with van der Waals surface area (Å²) in [5, 5.41) is 0. The zero-order valence-electron chi connectivity index (χ0n) is 11.5. The highest BCUT2D eigenvalue weighted by Gasteiger charge is 2.25. The molecule has 20 heavy (non-hydrogen) atoms. The molecule has 0 spiro atoms. The highest BCUT2D eigenvalue weighted by Crippen LogP contribution is 2.25. The topological polar surface area (TPSA) is 59.9 Å². The van der Waals surface area contributed by atoms with Crippen LogP contribution in [0.2, 0.25) is 0 Å². The average Bonchev–Trinajstić information content (AvgIpc) is 2.69. The number of nitrogens with zero attached hydrogens (tertiary/aromatic N) is 2. The van der Waals surface area contributed by atoms with Gasteiger partial charge in [-0.15, -0.1) is 0 Å². The standard InChI is InChI=1S/C13H16BrN3O2S/c1-7(2)4-10(12(18)19-3)17-11-9(16-13(17)20)5-8(14)6-15-11/h5-7,10H,4H2,1-3H3,(H,16,20). The molecule has 2 heterocycles. The van der Waals surface area contributed by atoms with Crippen molar-refractivity contribution >= 4 is 45.3 Å². The molecular formula is C13H16BrN3O2S. The van der Waals surface area contributed by atoms with Crippen molar-refractivity contribution < 1.29 is 9.53 Å². The van der Waals surface area contributed by atoms with E-state index in [1.807, 2.05) is 6.07 Å². The largest absolute Gasteiger partial charge is 0.467 e. The van der Waals surface area contributed by atoms with E-state index in [-0.39, 0.29) is 5.97 Å². The fraction of sp³-hybridized carbons (Fsp3) is 0.462. The molecular weight excluding hydrogens is 342 g/mol. The molecule has 108 valence electrons. The fourth-order valence-electron chi connectivity index (χ4n) is 2.17. The highest BCUT2D eigenvalue weighted by atomic mass is 79.9. The number of hydrogen-bond acceptors (Lipinski definition) is 4. The second kappa shape index (κ2) is 6.05. The highest BCUT2D eigenvalue weighted by molar-refractivity contribution is 9.10. The van der Waals surface area contributed by atoms with Gasteiger partial charge in [-0.25, -0.2) is 9.78 Å². The first-order valence-corrected chi connectivity index (χ1v) is 7.47. The van der Waals surface area contributed by atoms with Crippen LogP contribution in [0.1, 0.15) is 26.3 Å². The maximum absolute atomic E-state index is 12.1. The average molecular weight is 358 g/mol. The van der Waals surface area contributed by atoms with Crippen LogP contribution in [0, 0.1) is 10.7 Å². The van der Waals surface area contributed by atoms with Crippen LogP contribution in [-0.4, -0.2) is 27.6 Å². The summed E-state index contributed by atoms with van der Waals surface area (Å²) in [6.45, 7) is 4.11. The molecule has 0 aliphatic heterocycles. The van der Waals surface area contributed by atoms with Crippen molar-refractivity contribution in [3.63, 3.8) is 0 Å². The maximum Gasteiger partial charge on any atom is 0.329 e. The second-order valence-electron chi connectivity index (χ2n) is 4.99. The normalized spacial score (nSPS) is 12.8. The number of rotatable bonds is 4. The number of aromatic nitrogens is 3. The van der Waals surface area contributed by atoms with Crippen LogP contribution in [0.15, 0.2) is 16.7 Å². The van der Waals surface area contributed by atoms with E-state index in [0.717, 1.165) is 9.99 Å². The third kappa shape index (κ3) is 2.93. The van der Waals surface area contributed by atoms with Crippen LogP contribution in [0.3, 0.4) is 0 Å². The summed E-state index contributed by atoms with van der Waals surface area (Å²) in [5.74, 6) is 0.0295. The quantitative estimate of drug-likeness (QED) is 0.670. The Morgan fingerprint density at radius 3 is 2.90 bits per heavy atom. The van der Waals surface area contributed by atoms with Gasteiger partial charge in [0.2, 0.25) is 0 Å². The number of pyridine rings is 1. The Kier molecular flexibility index (Phi) is 4.59. The number of carbonyl (C=O) groups is 1.